The molecule has 2 N–H and O–H groups in total. The van der Waals surface area contributed by atoms with Gasteiger partial charge in [-0.2, -0.15) is 0 Å². The zero-order valence-electron chi connectivity index (χ0n) is 11.6. The number of carboxylic acid groups (broad SMARTS) is 1. The van der Waals surface area contributed by atoms with E-state index in [1.807, 2.05) is 6.92 Å². The van der Waals surface area contributed by atoms with Gasteiger partial charge in [-0.05, 0) is 5.92 Å². The molecule has 2 rings (SSSR count). The van der Waals surface area contributed by atoms with Crippen molar-refractivity contribution >= 4 is 28.2 Å². The molecule has 2 aromatic rings. The van der Waals surface area contributed by atoms with Crippen molar-refractivity contribution in [1.29, 1.82) is 0 Å². The van der Waals surface area contributed by atoms with E-state index in [9.17, 15) is 14.4 Å². The molecule has 0 spiro atoms. The fourth-order valence-electron chi connectivity index (χ4n) is 1.88. The second-order valence-corrected chi connectivity index (χ2v) is 5.58. The van der Waals surface area contributed by atoms with Gasteiger partial charge in [0.15, 0.2) is 4.96 Å². The van der Waals surface area contributed by atoms with Crippen LogP contribution in [0.15, 0.2) is 22.6 Å². The summed E-state index contributed by atoms with van der Waals surface area (Å²) in [6, 6.07) is -1.04. The first-order valence-corrected chi connectivity index (χ1v) is 7.32. The fraction of sp³-hybridized carbons (Fsp3) is 0.385. The van der Waals surface area contributed by atoms with E-state index < -0.39 is 23.5 Å². The quantitative estimate of drug-likeness (QED) is 0.857. The fourth-order valence-corrected chi connectivity index (χ4v) is 2.56. The number of rotatable bonds is 5. The van der Waals surface area contributed by atoms with Gasteiger partial charge in [-0.25, -0.2) is 9.78 Å². The van der Waals surface area contributed by atoms with Crippen molar-refractivity contribution in [3.8, 4) is 0 Å². The summed E-state index contributed by atoms with van der Waals surface area (Å²) in [5.41, 5.74) is -0.674. The van der Waals surface area contributed by atoms with Crippen molar-refractivity contribution < 1.29 is 14.7 Å². The number of nitrogens with one attached hydrogen (secondary N) is 1. The second kappa shape index (κ2) is 6.04. The first-order valence-electron chi connectivity index (χ1n) is 6.44. The van der Waals surface area contributed by atoms with E-state index in [1.165, 1.54) is 28.1 Å². The summed E-state index contributed by atoms with van der Waals surface area (Å²) < 4.78 is 1.26. The maximum Gasteiger partial charge on any atom is 0.326 e. The SMILES string of the molecule is CCC(C)C(NC(=O)c1cnc2sccn2c1=O)C(=O)O. The summed E-state index contributed by atoms with van der Waals surface area (Å²) in [7, 11) is 0. The summed E-state index contributed by atoms with van der Waals surface area (Å²) >= 11 is 1.28. The second-order valence-electron chi connectivity index (χ2n) is 4.71. The lowest BCUT2D eigenvalue weighted by Crippen LogP contribution is -2.46. The number of hydrogen-bond donors (Lipinski definition) is 2. The lowest BCUT2D eigenvalue weighted by atomic mass is 9.99. The smallest absolute Gasteiger partial charge is 0.326 e. The minimum absolute atomic E-state index is 0.166. The molecule has 1 amide bonds. The van der Waals surface area contributed by atoms with Gasteiger partial charge in [-0.15, -0.1) is 11.3 Å². The minimum Gasteiger partial charge on any atom is -0.480 e. The number of nitrogens with zero attached hydrogens (tertiary/aromatic N) is 2. The van der Waals surface area contributed by atoms with Crippen LogP contribution in [0.1, 0.15) is 30.6 Å². The molecule has 0 aliphatic heterocycles. The Labute approximate surface area is 124 Å². The third kappa shape index (κ3) is 2.94. The molecule has 2 aromatic heterocycles. The molecule has 0 aliphatic rings. The van der Waals surface area contributed by atoms with Gasteiger partial charge in [0.05, 0.1) is 0 Å². The van der Waals surface area contributed by atoms with Gasteiger partial charge in [-0.3, -0.25) is 14.0 Å². The lowest BCUT2D eigenvalue weighted by molar-refractivity contribution is -0.140. The Morgan fingerprint density at radius 2 is 2.24 bits per heavy atom. The third-order valence-corrected chi connectivity index (χ3v) is 4.12. The Balaban J connectivity index is 2.31. The van der Waals surface area contributed by atoms with Crippen LogP contribution in [0.4, 0.5) is 0 Å². The summed E-state index contributed by atoms with van der Waals surface area (Å²) in [4.78, 5) is 40.0. The van der Waals surface area contributed by atoms with Crippen molar-refractivity contribution in [2.24, 2.45) is 5.92 Å². The molecule has 0 fully saturated rings. The summed E-state index contributed by atoms with van der Waals surface area (Å²) in [5.74, 6) is -2.09. The molecule has 0 aromatic carbocycles. The number of thiazole rings is 1. The van der Waals surface area contributed by atoms with Crippen LogP contribution in [0.5, 0.6) is 0 Å². The molecule has 0 radical (unpaired) electrons. The number of aliphatic carboxylic acids is 1. The summed E-state index contributed by atoms with van der Waals surface area (Å²) in [6.45, 7) is 3.56. The molecule has 8 heteroatoms. The van der Waals surface area contributed by atoms with Crippen LogP contribution in [-0.2, 0) is 4.79 Å². The maximum atomic E-state index is 12.1. The molecule has 21 heavy (non-hydrogen) atoms. The molecule has 0 aliphatic carbocycles. The molecule has 112 valence electrons. The number of carboxylic acids is 1. The number of hydrogen-bond acceptors (Lipinski definition) is 5. The van der Waals surface area contributed by atoms with Crippen molar-refractivity contribution in [3.63, 3.8) is 0 Å². The number of carbonyl (C=O) groups excluding carboxylic acids is 1. The van der Waals surface area contributed by atoms with Gasteiger partial charge in [0.25, 0.3) is 11.5 Å². The molecular formula is C13H15N3O4S. The maximum absolute atomic E-state index is 12.1. The molecular weight excluding hydrogens is 294 g/mol. The topological polar surface area (TPSA) is 101 Å². The van der Waals surface area contributed by atoms with Gasteiger partial charge < -0.3 is 10.4 Å². The highest BCUT2D eigenvalue weighted by Gasteiger charge is 2.27. The molecule has 2 unspecified atom stereocenters. The number of aromatic nitrogens is 2. The highest BCUT2D eigenvalue weighted by molar-refractivity contribution is 7.15. The van der Waals surface area contributed by atoms with Crippen LogP contribution in [0.3, 0.4) is 0 Å². The van der Waals surface area contributed by atoms with E-state index in [-0.39, 0.29) is 11.5 Å². The molecule has 2 atom stereocenters. The Hall–Kier alpha value is -2.22. The largest absolute Gasteiger partial charge is 0.480 e. The number of amides is 1. The molecule has 2 heterocycles. The van der Waals surface area contributed by atoms with E-state index in [0.29, 0.717) is 11.4 Å². The highest BCUT2D eigenvalue weighted by atomic mass is 32.1. The number of fused-ring (bicyclic) bond motifs is 1. The van der Waals surface area contributed by atoms with E-state index in [2.05, 4.69) is 10.3 Å². The van der Waals surface area contributed by atoms with Crippen LogP contribution in [-0.4, -0.2) is 32.4 Å². The van der Waals surface area contributed by atoms with E-state index in [1.54, 1.807) is 12.3 Å². The average molecular weight is 309 g/mol. The van der Waals surface area contributed by atoms with Crippen LogP contribution in [0, 0.1) is 5.92 Å². The Morgan fingerprint density at radius 3 is 2.86 bits per heavy atom. The molecule has 7 nitrogen and oxygen atoms in total. The van der Waals surface area contributed by atoms with Crippen LogP contribution >= 0.6 is 11.3 Å². The Morgan fingerprint density at radius 1 is 1.52 bits per heavy atom. The van der Waals surface area contributed by atoms with Crippen molar-refractivity contribution in [2.45, 2.75) is 26.3 Å². The van der Waals surface area contributed by atoms with Crippen LogP contribution in [0.2, 0.25) is 0 Å². The summed E-state index contributed by atoms with van der Waals surface area (Å²) in [5, 5.41) is 13.2. The van der Waals surface area contributed by atoms with E-state index >= 15 is 0 Å². The zero-order chi connectivity index (χ0) is 15.6. The molecule has 0 saturated carbocycles. The van der Waals surface area contributed by atoms with Gasteiger partial charge in [0.1, 0.15) is 11.6 Å². The normalized spacial score (nSPS) is 13.8. The van der Waals surface area contributed by atoms with Gasteiger partial charge in [0, 0.05) is 17.8 Å². The number of carbonyl (C=O) groups is 2. The zero-order valence-corrected chi connectivity index (χ0v) is 12.4. The predicted octanol–water partition coefficient (Wildman–Crippen LogP) is 0.985. The highest BCUT2D eigenvalue weighted by Crippen LogP contribution is 2.09. The standard InChI is InChI=1S/C13H15N3O4S/c1-3-7(2)9(12(19)20)15-10(17)8-6-14-13-16(11(8)18)4-5-21-13/h4-7,9H,3H2,1-2H3,(H,15,17)(H,19,20). The van der Waals surface area contributed by atoms with Crippen molar-refractivity contribution in [3.05, 3.63) is 33.7 Å². The van der Waals surface area contributed by atoms with Gasteiger partial charge >= 0.3 is 5.97 Å². The lowest BCUT2D eigenvalue weighted by Gasteiger charge is -2.19. The first kappa shape index (κ1) is 15.2. The predicted molar refractivity (Wildman–Crippen MR) is 77.7 cm³/mol. The van der Waals surface area contributed by atoms with Gasteiger partial charge in [-0.1, -0.05) is 20.3 Å². The van der Waals surface area contributed by atoms with E-state index in [4.69, 9.17) is 5.11 Å². The molecule has 0 bridgehead atoms. The van der Waals surface area contributed by atoms with Crippen molar-refractivity contribution in [2.75, 3.05) is 0 Å². The molecule has 0 saturated heterocycles. The third-order valence-electron chi connectivity index (χ3n) is 3.35. The van der Waals surface area contributed by atoms with Gasteiger partial charge in [0.2, 0.25) is 0 Å². The monoisotopic (exact) mass is 309 g/mol. The minimum atomic E-state index is -1.12. The Kier molecular flexibility index (Phi) is 4.37. The summed E-state index contributed by atoms with van der Waals surface area (Å²) in [6.07, 6.45) is 3.30. The van der Waals surface area contributed by atoms with E-state index in [0.717, 1.165) is 0 Å². The average Bonchev–Trinajstić information content (AvgIpc) is 2.93. The Bertz CT molecular complexity index is 736. The van der Waals surface area contributed by atoms with Crippen LogP contribution in [0.25, 0.3) is 4.96 Å². The first-order chi connectivity index (χ1) is 9.95. The van der Waals surface area contributed by atoms with Crippen molar-refractivity contribution in [1.82, 2.24) is 14.7 Å². The van der Waals surface area contributed by atoms with Crippen LogP contribution < -0.4 is 10.9 Å².